The Hall–Kier alpha value is -4.66. The molecular formula is C32H42N8O4. The van der Waals surface area contributed by atoms with Crippen molar-refractivity contribution in [2.24, 2.45) is 10.2 Å². The topological polar surface area (TPSA) is 190 Å². The average Bonchev–Trinajstić information content (AvgIpc) is 3.01. The van der Waals surface area contributed by atoms with E-state index < -0.39 is 11.8 Å². The number of nitrogens with one attached hydrogen (secondary N) is 2. The number of amides is 4. The summed E-state index contributed by atoms with van der Waals surface area (Å²) in [5.41, 5.74) is 18.4. The molecule has 4 amide bonds. The lowest BCUT2D eigenvalue weighted by Gasteiger charge is -2.06. The number of unbranched alkanes of at least 4 members (excludes halogenated alkanes) is 13. The van der Waals surface area contributed by atoms with Crippen LogP contribution in [-0.4, -0.2) is 23.6 Å². The molecule has 0 saturated carbocycles. The number of hydrogen-bond acceptors (Lipinski definition) is 4. The number of anilines is 2. The number of nitrogens with zero attached hydrogens (tertiary/aromatic N) is 6. The largest absolute Gasteiger partial charge is 0.326 e. The van der Waals surface area contributed by atoms with Crippen LogP contribution in [0.25, 0.3) is 20.9 Å². The van der Waals surface area contributed by atoms with Gasteiger partial charge in [0.1, 0.15) is 0 Å². The molecular weight excluding hydrogens is 560 g/mol. The average molecular weight is 603 g/mol. The van der Waals surface area contributed by atoms with Crippen molar-refractivity contribution in [3.63, 3.8) is 0 Å². The molecule has 234 valence electrons. The Labute approximate surface area is 258 Å². The maximum Gasteiger partial charge on any atom is 0.249 e. The maximum absolute atomic E-state index is 12.1. The molecule has 2 aromatic carbocycles. The molecule has 12 heteroatoms. The number of benzene rings is 2. The Morgan fingerprint density at radius 2 is 0.750 bits per heavy atom. The quantitative estimate of drug-likeness (QED) is 0.0622. The molecule has 12 nitrogen and oxygen atoms in total. The van der Waals surface area contributed by atoms with Gasteiger partial charge in [0.25, 0.3) is 0 Å². The van der Waals surface area contributed by atoms with Crippen molar-refractivity contribution in [3.8, 4) is 0 Å². The standard InChI is InChI=1S/C32H42N8O4/c33-39-37-31(43)25-17-21-27(22-18-25)35-29(41)15-13-11-9-7-5-3-1-2-4-6-8-10-12-14-16-30(42)36-28-23-19-26(20-24-28)32(44)38-40-34/h17-24H,1-16H2,(H,35,41)(H,36,42). The van der Waals surface area contributed by atoms with Gasteiger partial charge in [-0.2, -0.15) is 0 Å². The summed E-state index contributed by atoms with van der Waals surface area (Å²) in [6.07, 6.45) is 16.8. The molecule has 0 heterocycles. The highest BCUT2D eigenvalue weighted by Gasteiger charge is 2.07. The van der Waals surface area contributed by atoms with E-state index in [0.29, 0.717) is 24.2 Å². The number of azide groups is 2. The normalized spacial score (nSPS) is 10.3. The monoisotopic (exact) mass is 602 g/mol. The van der Waals surface area contributed by atoms with E-state index in [9.17, 15) is 19.2 Å². The number of carbonyl (C=O) groups excluding carboxylic acids is 4. The molecule has 0 aliphatic heterocycles. The third-order valence-electron chi connectivity index (χ3n) is 7.16. The van der Waals surface area contributed by atoms with Crippen LogP contribution in [0, 0.1) is 0 Å². The van der Waals surface area contributed by atoms with Gasteiger partial charge in [-0.1, -0.05) is 77.0 Å². The van der Waals surface area contributed by atoms with E-state index in [1.807, 2.05) is 0 Å². The van der Waals surface area contributed by atoms with Crippen molar-refractivity contribution in [2.45, 2.75) is 103 Å². The molecule has 0 saturated heterocycles. The molecule has 0 atom stereocenters. The van der Waals surface area contributed by atoms with Gasteiger partial charge < -0.3 is 10.6 Å². The minimum atomic E-state index is -0.650. The smallest absolute Gasteiger partial charge is 0.249 e. The second-order valence-electron chi connectivity index (χ2n) is 10.7. The Bertz CT molecular complexity index is 1200. The highest BCUT2D eigenvalue weighted by atomic mass is 16.2. The van der Waals surface area contributed by atoms with Gasteiger partial charge in [-0.15, -0.1) is 0 Å². The summed E-state index contributed by atoms with van der Waals surface area (Å²) in [4.78, 5) is 52.2. The van der Waals surface area contributed by atoms with Crippen molar-refractivity contribution in [3.05, 3.63) is 80.5 Å². The van der Waals surface area contributed by atoms with Gasteiger partial charge in [-0.25, -0.2) is 0 Å². The fraction of sp³-hybridized carbons (Fsp3) is 0.500. The van der Waals surface area contributed by atoms with Crippen LogP contribution in [0.3, 0.4) is 0 Å². The highest BCUT2D eigenvalue weighted by molar-refractivity contribution is 5.97. The molecule has 2 N–H and O–H groups in total. The van der Waals surface area contributed by atoms with E-state index >= 15 is 0 Å². The van der Waals surface area contributed by atoms with Crippen LogP contribution >= 0.6 is 0 Å². The highest BCUT2D eigenvalue weighted by Crippen LogP contribution is 2.16. The molecule has 0 radical (unpaired) electrons. The first kappa shape index (κ1) is 35.5. The lowest BCUT2D eigenvalue weighted by Crippen LogP contribution is -2.11. The molecule has 0 aliphatic rings. The van der Waals surface area contributed by atoms with E-state index in [-0.39, 0.29) is 22.9 Å². The zero-order valence-corrected chi connectivity index (χ0v) is 25.2. The minimum Gasteiger partial charge on any atom is -0.326 e. The molecule has 0 spiro atoms. The lowest BCUT2D eigenvalue weighted by molar-refractivity contribution is -0.117. The third-order valence-corrected chi connectivity index (χ3v) is 7.16. The van der Waals surface area contributed by atoms with Crippen molar-refractivity contribution in [1.29, 1.82) is 0 Å². The Kier molecular flexibility index (Phi) is 17.7. The number of hydrogen-bond donors (Lipinski definition) is 2. The number of carbonyl (C=O) groups is 4. The molecule has 0 aliphatic carbocycles. The van der Waals surface area contributed by atoms with Crippen molar-refractivity contribution < 1.29 is 19.2 Å². The van der Waals surface area contributed by atoms with Gasteiger partial charge in [-0.05, 0) is 82.7 Å². The van der Waals surface area contributed by atoms with Gasteiger partial charge in [0.15, 0.2) is 0 Å². The van der Waals surface area contributed by atoms with E-state index in [0.717, 1.165) is 38.5 Å². The van der Waals surface area contributed by atoms with E-state index in [1.165, 1.54) is 75.6 Å². The summed E-state index contributed by atoms with van der Waals surface area (Å²) in [6, 6.07) is 12.6. The molecule has 0 bridgehead atoms. The molecule has 2 rings (SSSR count). The molecule has 44 heavy (non-hydrogen) atoms. The SMILES string of the molecule is [N-]=[N+]=NC(=O)c1ccc(NC(=O)CCCCCCCCCCCCCCCCC(=O)Nc2ccc(C(=O)N=[N+]=[N-])cc2)cc1. The summed E-state index contributed by atoms with van der Waals surface area (Å²) in [5.74, 6) is -1.40. The second kappa shape index (κ2) is 22.0. The number of rotatable bonds is 21. The molecule has 0 aromatic heterocycles. The summed E-state index contributed by atoms with van der Waals surface area (Å²) in [7, 11) is 0. The van der Waals surface area contributed by atoms with Crippen LogP contribution in [0.2, 0.25) is 0 Å². The van der Waals surface area contributed by atoms with Crippen LogP contribution in [-0.2, 0) is 9.59 Å². The second-order valence-corrected chi connectivity index (χ2v) is 10.7. The van der Waals surface area contributed by atoms with Gasteiger partial charge >= 0.3 is 0 Å². The Morgan fingerprint density at radius 1 is 0.477 bits per heavy atom. The summed E-state index contributed by atoms with van der Waals surface area (Å²) < 4.78 is 0. The minimum absolute atomic E-state index is 0.0479. The molecule has 0 fully saturated rings. The zero-order chi connectivity index (χ0) is 31.8. The van der Waals surface area contributed by atoms with Gasteiger partial charge in [0, 0.05) is 45.2 Å². The Morgan fingerprint density at radius 3 is 1.02 bits per heavy atom. The van der Waals surface area contributed by atoms with Crippen molar-refractivity contribution >= 4 is 35.0 Å². The van der Waals surface area contributed by atoms with Gasteiger partial charge in [-0.3, -0.25) is 19.2 Å². The molecule has 2 aromatic rings. The van der Waals surface area contributed by atoms with Gasteiger partial charge in [0.2, 0.25) is 23.6 Å². The van der Waals surface area contributed by atoms with Crippen molar-refractivity contribution in [2.75, 3.05) is 10.6 Å². The van der Waals surface area contributed by atoms with Gasteiger partial charge in [0.05, 0.1) is 0 Å². The van der Waals surface area contributed by atoms with Crippen LogP contribution in [0.1, 0.15) is 123 Å². The van der Waals surface area contributed by atoms with Crippen LogP contribution in [0.15, 0.2) is 58.8 Å². The lowest BCUT2D eigenvalue weighted by atomic mass is 10.0. The van der Waals surface area contributed by atoms with Crippen LogP contribution in [0.4, 0.5) is 11.4 Å². The third kappa shape index (κ3) is 15.5. The Balaban J connectivity index is 1.36. The van der Waals surface area contributed by atoms with E-state index in [4.69, 9.17) is 11.1 Å². The van der Waals surface area contributed by atoms with E-state index in [2.05, 4.69) is 30.7 Å². The predicted molar refractivity (Wildman–Crippen MR) is 171 cm³/mol. The van der Waals surface area contributed by atoms with E-state index in [1.54, 1.807) is 24.3 Å². The van der Waals surface area contributed by atoms with Crippen molar-refractivity contribution in [1.82, 2.24) is 0 Å². The fourth-order valence-corrected chi connectivity index (χ4v) is 4.73. The molecule has 0 unspecified atom stereocenters. The van der Waals surface area contributed by atoms with Crippen LogP contribution < -0.4 is 10.6 Å². The summed E-state index contributed by atoms with van der Waals surface area (Å²) in [5, 5.41) is 11.7. The summed E-state index contributed by atoms with van der Waals surface area (Å²) >= 11 is 0. The fourth-order valence-electron chi connectivity index (χ4n) is 4.73. The van der Waals surface area contributed by atoms with Crippen LogP contribution in [0.5, 0.6) is 0 Å². The summed E-state index contributed by atoms with van der Waals surface area (Å²) in [6.45, 7) is 0. The first-order valence-electron chi connectivity index (χ1n) is 15.4. The first-order chi connectivity index (χ1) is 21.4. The zero-order valence-electron chi connectivity index (χ0n) is 25.2. The first-order valence-corrected chi connectivity index (χ1v) is 15.4. The maximum atomic E-state index is 12.1. The predicted octanol–water partition coefficient (Wildman–Crippen LogP) is 9.41.